The summed E-state index contributed by atoms with van der Waals surface area (Å²) in [5.41, 5.74) is 2.37. The van der Waals surface area contributed by atoms with E-state index in [0.29, 0.717) is 23.2 Å². The molecule has 0 spiro atoms. The Balaban J connectivity index is 1.72. The topological polar surface area (TPSA) is 97.2 Å². The van der Waals surface area contributed by atoms with E-state index in [1.165, 1.54) is 16.1 Å². The van der Waals surface area contributed by atoms with Crippen LogP contribution in [-0.2, 0) is 27.9 Å². The first kappa shape index (κ1) is 22.8. The van der Waals surface area contributed by atoms with Crippen molar-refractivity contribution in [3.63, 3.8) is 0 Å². The number of nitrogens with zero attached hydrogens (tertiary/aromatic N) is 4. The van der Waals surface area contributed by atoms with Crippen LogP contribution in [0.15, 0.2) is 59.8 Å². The molecule has 1 N–H and O–H groups in total. The third-order valence-corrected chi connectivity index (χ3v) is 6.58. The zero-order valence-electron chi connectivity index (χ0n) is 17.6. The molecule has 164 valence electrons. The van der Waals surface area contributed by atoms with Gasteiger partial charge in [0.25, 0.3) is 0 Å². The Bertz CT molecular complexity index is 1150. The molecule has 0 aliphatic rings. The van der Waals surface area contributed by atoms with Crippen molar-refractivity contribution < 1.29 is 13.2 Å². The Morgan fingerprint density at radius 2 is 1.87 bits per heavy atom. The summed E-state index contributed by atoms with van der Waals surface area (Å²) < 4.78 is 27.8. The summed E-state index contributed by atoms with van der Waals surface area (Å²) in [6.07, 6.45) is 1.16. The van der Waals surface area contributed by atoms with Gasteiger partial charge in [0.1, 0.15) is 0 Å². The Kier molecular flexibility index (Phi) is 7.34. The van der Waals surface area contributed by atoms with Crippen LogP contribution in [-0.4, -0.2) is 41.1 Å². The van der Waals surface area contributed by atoms with Gasteiger partial charge in [0.15, 0.2) is 11.0 Å². The van der Waals surface area contributed by atoms with E-state index >= 15 is 0 Å². The summed E-state index contributed by atoms with van der Waals surface area (Å²) >= 11 is 1.26. The van der Waals surface area contributed by atoms with Gasteiger partial charge < -0.3 is 9.88 Å². The van der Waals surface area contributed by atoms with Crippen LogP contribution < -0.4 is 9.62 Å². The van der Waals surface area contributed by atoms with Crippen LogP contribution in [0.5, 0.6) is 0 Å². The number of aryl methyl sites for hydroxylation is 1. The van der Waals surface area contributed by atoms with Crippen molar-refractivity contribution in [3.8, 4) is 0 Å². The average molecular weight is 460 g/mol. The second kappa shape index (κ2) is 9.97. The van der Waals surface area contributed by atoms with Gasteiger partial charge in [-0.1, -0.05) is 42.1 Å². The number of benzene rings is 2. The average Bonchev–Trinajstić information content (AvgIpc) is 3.12. The van der Waals surface area contributed by atoms with Crippen molar-refractivity contribution in [2.75, 3.05) is 21.6 Å². The number of nitrogens with one attached hydrogen (secondary N) is 1. The zero-order valence-corrected chi connectivity index (χ0v) is 19.3. The molecule has 10 heteroatoms. The molecule has 0 radical (unpaired) electrons. The number of amides is 1. The summed E-state index contributed by atoms with van der Waals surface area (Å²) in [4.78, 5) is 12.3. The van der Waals surface area contributed by atoms with Crippen molar-refractivity contribution in [3.05, 3.63) is 66.0 Å². The molecule has 0 aliphatic carbocycles. The molecule has 1 aromatic heterocycles. The van der Waals surface area contributed by atoms with E-state index in [-0.39, 0.29) is 18.2 Å². The van der Waals surface area contributed by atoms with Crippen molar-refractivity contribution in [1.82, 2.24) is 14.8 Å². The molecule has 0 saturated heterocycles. The fourth-order valence-corrected chi connectivity index (χ4v) is 4.71. The monoisotopic (exact) mass is 459 g/mol. The quantitative estimate of drug-likeness (QED) is 0.493. The maximum atomic E-state index is 12.4. The van der Waals surface area contributed by atoms with E-state index in [4.69, 9.17) is 0 Å². The summed E-state index contributed by atoms with van der Waals surface area (Å²) in [5, 5.41) is 11.8. The van der Waals surface area contributed by atoms with Crippen LogP contribution in [0.3, 0.4) is 0 Å². The number of carbonyl (C=O) groups is 1. The van der Waals surface area contributed by atoms with Gasteiger partial charge in [-0.15, -0.1) is 10.2 Å². The van der Waals surface area contributed by atoms with E-state index in [1.54, 1.807) is 24.3 Å². The highest BCUT2D eigenvalue weighted by atomic mass is 32.2. The molecule has 0 saturated carbocycles. The van der Waals surface area contributed by atoms with E-state index < -0.39 is 10.0 Å². The van der Waals surface area contributed by atoms with Crippen LogP contribution in [0.1, 0.15) is 18.3 Å². The van der Waals surface area contributed by atoms with E-state index in [1.807, 2.05) is 48.7 Å². The molecule has 3 rings (SSSR count). The fourth-order valence-electron chi connectivity index (χ4n) is 3.03. The largest absolute Gasteiger partial charge is 0.325 e. The maximum Gasteiger partial charge on any atom is 0.234 e. The number of hydrogen-bond acceptors (Lipinski definition) is 6. The summed E-state index contributed by atoms with van der Waals surface area (Å²) in [6.45, 7) is 4.50. The van der Waals surface area contributed by atoms with Gasteiger partial charge in [0.2, 0.25) is 15.9 Å². The predicted molar refractivity (Wildman–Crippen MR) is 124 cm³/mol. The van der Waals surface area contributed by atoms with Gasteiger partial charge in [-0.25, -0.2) is 8.42 Å². The van der Waals surface area contributed by atoms with Crippen LogP contribution in [0.25, 0.3) is 0 Å². The van der Waals surface area contributed by atoms with Crippen molar-refractivity contribution in [1.29, 1.82) is 0 Å². The fraction of sp³-hybridized carbons (Fsp3) is 0.286. The maximum absolute atomic E-state index is 12.4. The number of hydrogen-bond donors (Lipinski definition) is 1. The first-order valence-electron chi connectivity index (χ1n) is 9.72. The van der Waals surface area contributed by atoms with Gasteiger partial charge in [0, 0.05) is 12.2 Å². The van der Waals surface area contributed by atoms with Gasteiger partial charge in [-0.2, -0.15) is 0 Å². The molecular weight excluding hydrogens is 434 g/mol. The lowest BCUT2D eigenvalue weighted by molar-refractivity contribution is -0.113. The van der Waals surface area contributed by atoms with Gasteiger partial charge in [-0.3, -0.25) is 9.10 Å². The molecule has 3 aromatic rings. The van der Waals surface area contributed by atoms with E-state index in [2.05, 4.69) is 15.5 Å². The van der Waals surface area contributed by atoms with Crippen molar-refractivity contribution in [2.24, 2.45) is 0 Å². The number of carbonyl (C=O) groups excluding carboxylic acids is 1. The first-order valence-corrected chi connectivity index (χ1v) is 12.6. The molecule has 1 amide bonds. The SMILES string of the molecule is CCn1c(CN(c2ccccc2)S(C)(=O)=O)nnc1SCC(=O)Nc1cccc(C)c1. The van der Waals surface area contributed by atoms with Crippen LogP contribution in [0.2, 0.25) is 0 Å². The van der Waals surface area contributed by atoms with Gasteiger partial charge in [0.05, 0.1) is 24.2 Å². The molecule has 31 heavy (non-hydrogen) atoms. The Morgan fingerprint density at radius 3 is 2.52 bits per heavy atom. The minimum Gasteiger partial charge on any atom is -0.325 e. The number of thioether (sulfide) groups is 1. The Hall–Kier alpha value is -2.85. The minimum absolute atomic E-state index is 0.0553. The summed E-state index contributed by atoms with van der Waals surface area (Å²) in [6, 6.07) is 16.5. The van der Waals surface area contributed by atoms with Crippen molar-refractivity contribution in [2.45, 2.75) is 32.1 Å². The number of aromatic nitrogens is 3. The lowest BCUT2D eigenvalue weighted by Crippen LogP contribution is -2.30. The molecule has 0 atom stereocenters. The van der Waals surface area contributed by atoms with E-state index in [9.17, 15) is 13.2 Å². The highest BCUT2D eigenvalue weighted by molar-refractivity contribution is 7.99. The molecule has 2 aromatic carbocycles. The summed E-state index contributed by atoms with van der Waals surface area (Å²) in [7, 11) is -3.51. The normalized spacial score (nSPS) is 11.3. The molecule has 0 aliphatic heterocycles. The lowest BCUT2D eigenvalue weighted by atomic mass is 10.2. The zero-order chi connectivity index (χ0) is 22.4. The number of anilines is 2. The van der Waals surface area contributed by atoms with Gasteiger partial charge >= 0.3 is 0 Å². The summed E-state index contributed by atoms with van der Waals surface area (Å²) in [5.74, 6) is 0.531. The smallest absolute Gasteiger partial charge is 0.234 e. The molecule has 1 heterocycles. The minimum atomic E-state index is -3.51. The highest BCUT2D eigenvalue weighted by Crippen LogP contribution is 2.23. The standard InChI is InChI=1S/C21H25N5O3S2/c1-4-25-19(14-26(31(3,28)29)18-11-6-5-7-12-18)23-24-21(25)30-15-20(27)22-17-10-8-9-16(2)13-17/h5-13H,4,14-15H2,1-3H3,(H,22,27). The molecular formula is C21H25N5O3S2. The first-order chi connectivity index (χ1) is 14.8. The Morgan fingerprint density at radius 1 is 1.13 bits per heavy atom. The van der Waals surface area contributed by atoms with Crippen LogP contribution >= 0.6 is 11.8 Å². The molecule has 0 unspecified atom stereocenters. The highest BCUT2D eigenvalue weighted by Gasteiger charge is 2.22. The van der Waals surface area contributed by atoms with E-state index in [0.717, 1.165) is 17.5 Å². The molecule has 0 bridgehead atoms. The third kappa shape index (κ3) is 6.08. The lowest BCUT2D eigenvalue weighted by Gasteiger charge is -2.22. The van der Waals surface area contributed by atoms with Crippen molar-refractivity contribution >= 4 is 39.1 Å². The number of sulfonamides is 1. The number of para-hydroxylation sites is 1. The van der Waals surface area contributed by atoms with Gasteiger partial charge in [-0.05, 0) is 43.7 Å². The number of rotatable bonds is 9. The second-order valence-corrected chi connectivity index (χ2v) is 9.80. The van der Waals surface area contributed by atoms with Crippen LogP contribution in [0.4, 0.5) is 11.4 Å². The predicted octanol–water partition coefficient (Wildman–Crippen LogP) is 3.30. The molecule has 0 fully saturated rings. The second-order valence-electron chi connectivity index (χ2n) is 6.95. The van der Waals surface area contributed by atoms with Crippen LogP contribution in [0, 0.1) is 6.92 Å². The molecule has 8 nitrogen and oxygen atoms in total. The Labute approximate surface area is 186 Å². The third-order valence-electron chi connectivity index (χ3n) is 4.47.